The summed E-state index contributed by atoms with van der Waals surface area (Å²) in [5.41, 5.74) is 2.57. The Hall–Kier alpha value is -2.67. The zero-order valence-electron chi connectivity index (χ0n) is 15.0. The normalized spacial score (nSPS) is 11.0. The first-order valence-electron chi connectivity index (χ1n) is 8.01. The summed E-state index contributed by atoms with van der Waals surface area (Å²) in [6.45, 7) is 0.334. The predicted molar refractivity (Wildman–Crippen MR) is 101 cm³/mol. The first kappa shape index (κ1) is 19.7. The summed E-state index contributed by atoms with van der Waals surface area (Å²) in [6, 6.07) is 13.5. The lowest BCUT2D eigenvalue weighted by molar-refractivity contribution is 0.0827. The molecule has 0 saturated heterocycles. The van der Waals surface area contributed by atoms with E-state index in [0.29, 0.717) is 23.2 Å². The number of carbonyl (C=O) groups is 2. The van der Waals surface area contributed by atoms with Gasteiger partial charge in [0, 0.05) is 38.0 Å². The number of nitrogens with zero attached hydrogens (tertiary/aromatic N) is 1. The molecule has 2 aromatic rings. The van der Waals surface area contributed by atoms with Crippen LogP contribution >= 0.6 is 0 Å². The molecule has 6 nitrogen and oxygen atoms in total. The lowest BCUT2D eigenvalue weighted by Gasteiger charge is -2.11. The van der Waals surface area contributed by atoms with Gasteiger partial charge in [-0.2, -0.15) is 0 Å². The maximum atomic E-state index is 12.2. The summed E-state index contributed by atoms with van der Waals surface area (Å²) < 4.78 is 22.6. The maximum absolute atomic E-state index is 12.2. The third-order valence-electron chi connectivity index (χ3n) is 3.71. The molecule has 0 heterocycles. The van der Waals surface area contributed by atoms with Crippen LogP contribution in [-0.2, 0) is 22.1 Å². The minimum Gasteiger partial charge on any atom is -0.348 e. The van der Waals surface area contributed by atoms with E-state index in [4.69, 9.17) is 0 Å². The lowest BCUT2D eigenvalue weighted by atomic mass is 10.1. The Kier molecular flexibility index (Phi) is 6.15. The standard InChI is InChI=1S/C19H22N2O4S/c1-21(2)19(23)17-10-4-14(5-11-17)12-20-18(22)16-8-6-15(7-9-16)13-26(3,24)25/h4-11H,12-13H2,1-3H3,(H,20,22). The first-order chi connectivity index (χ1) is 12.2. The number of amides is 2. The molecule has 0 aromatic heterocycles. The molecule has 0 unspecified atom stereocenters. The minimum absolute atomic E-state index is 0.0487. The van der Waals surface area contributed by atoms with Crippen molar-refractivity contribution in [2.45, 2.75) is 12.3 Å². The number of nitrogens with one attached hydrogen (secondary N) is 1. The van der Waals surface area contributed by atoms with Crippen molar-refractivity contribution in [3.63, 3.8) is 0 Å². The van der Waals surface area contributed by atoms with Crippen molar-refractivity contribution in [3.05, 3.63) is 70.8 Å². The molecular formula is C19H22N2O4S. The molecule has 0 saturated carbocycles. The van der Waals surface area contributed by atoms with Crippen LogP contribution in [0.25, 0.3) is 0 Å². The van der Waals surface area contributed by atoms with Crippen molar-refractivity contribution in [3.8, 4) is 0 Å². The van der Waals surface area contributed by atoms with Gasteiger partial charge in [0.1, 0.15) is 0 Å². The van der Waals surface area contributed by atoms with Gasteiger partial charge in [0.2, 0.25) is 0 Å². The van der Waals surface area contributed by atoms with Gasteiger partial charge in [-0.3, -0.25) is 9.59 Å². The second kappa shape index (κ2) is 8.14. The van der Waals surface area contributed by atoms with E-state index in [9.17, 15) is 18.0 Å². The molecule has 1 N–H and O–H groups in total. The van der Waals surface area contributed by atoms with Crippen molar-refractivity contribution < 1.29 is 18.0 Å². The van der Waals surface area contributed by atoms with Gasteiger partial charge < -0.3 is 10.2 Å². The Morgan fingerprint density at radius 3 is 1.88 bits per heavy atom. The van der Waals surface area contributed by atoms with Gasteiger partial charge >= 0.3 is 0 Å². The largest absolute Gasteiger partial charge is 0.348 e. The summed E-state index contributed by atoms with van der Waals surface area (Å²) >= 11 is 0. The smallest absolute Gasteiger partial charge is 0.253 e. The molecule has 0 fully saturated rings. The van der Waals surface area contributed by atoms with E-state index in [-0.39, 0.29) is 17.6 Å². The number of hydrogen-bond acceptors (Lipinski definition) is 4. The van der Waals surface area contributed by atoms with Crippen LogP contribution in [0, 0.1) is 0 Å². The summed E-state index contributed by atoms with van der Waals surface area (Å²) in [7, 11) is 0.285. The first-order valence-corrected chi connectivity index (χ1v) is 10.1. The van der Waals surface area contributed by atoms with Crippen LogP contribution in [0.3, 0.4) is 0 Å². The van der Waals surface area contributed by atoms with Gasteiger partial charge in [0.25, 0.3) is 11.8 Å². The lowest BCUT2D eigenvalue weighted by Crippen LogP contribution is -2.23. The third kappa shape index (κ3) is 5.70. The van der Waals surface area contributed by atoms with Gasteiger partial charge in [-0.1, -0.05) is 24.3 Å². The van der Waals surface area contributed by atoms with Crippen LogP contribution in [0.15, 0.2) is 48.5 Å². The molecule has 0 radical (unpaired) electrons. The molecule has 7 heteroatoms. The quantitative estimate of drug-likeness (QED) is 0.837. The molecule has 138 valence electrons. The fourth-order valence-corrected chi connectivity index (χ4v) is 3.16. The van der Waals surface area contributed by atoms with Gasteiger partial charge in [-0.25, -0.2) is 8.42 Å². The fourth-order valence-electron chi connectivity index (χ4n) is 2.36. The highest BCUT2D eigenvalue weighted by Gasteiger charge is 2.09. The predicted octanol–water partition coefficient (Wildman–Crippen LogP) is 1.86. The SMILES string of the molecule is CN(C)C(=O)c1ccc(CNC(=O)c2ccc(CS(C)(=O)=O)cc2)cc1. The molecule has 26 heavy (non-hydrogen) atoms. The molecule has 0 bridgehead atoms. The van der Waals surface area contributed by atoms with E-state index < -0.39 is 9.84 Å². The van der Waals surface area contributed by atoms with Crippen LogP contribution in [0.2, 0.25) is 0 Å². The van der Waals surface area contributed by atoms with Crippen molar-refractivity contribution in [2.24, 2.45) is 0 Å². The zero-order valence-corrected chi connectivity index (χ0v) is 15.8. The van der Waals surface area contributed by atoms with E-state index in [1.165, 1.54) is 11.2 Å². The minimum atomic E-state index is -3.10. The number of benzene rings is 2. The fraction of sp³-hybridized carbons (Fsp3) is 0.263. The molecule has 2 aromatic carbocycles. The average molecular weight is 374 g/mol. The van der Waals surface area contributed by atoms with Crippen molar-refractivity contribution in [2.75, 3.05) is 20.4 Å². The van der Waals surface area contributed by atoms with E-state index >= 15 is 0 Å². The topological polar surface area (TPSA) is 83.6 Å². The van der Waals surface area contributed by atoms with E-state index in [1.807, 2.05) is 0 Å². The van der Waals surface area contributed by atoms with Crippen molar-refractivity contribution in [1.82, 2.24) is 10.2 Å². The van der Waals surface area contributed by atoms with E-state index in [1.54, 1.807) is 62.6 Å². The van der Waals surface area contributed by atoms with Crippen LogP contribution in [-0.4, -0.2) is 45.5 Å². The Bertz CT molecular complexity index is 886. The molecule has 2 rings (SSSR count). The molecular weight excluding hydrogens is 352 g/mol. The Labute approximate surface area is 153 Å². The number of carbonyl (C=O) groups excluding carboxylic acids is 2. The molecule has 0 aliphatic heterocycles. The Morgan fingerprint density at radius 2 is 1.38 bits per heavy atom. The van der Waals surface area contributed by atoms with Gasteiger partial charge in [0.05, 0.1) is 5.75 Å². The van der Waals surface area contributed by atoms with Crippen molar-refractivity contribution >= 4 is 21.7 Å². The number of rotatable bonds is 6. The zero-order chi connectivity index (χ0) is 19.3. The number of sulfone groups is 1. The molecule has 0 spiro atoms. The van der Waals surface area contributed by atoms with Gasteiger partial charge in [-0.05, 0) is 35.4 Å². The van der Waals surface area contributed by atoms with Crippen molar-refractivity contribution in [1.29, 1.82) is 0 Å². The van der Waals surface area contributed by atoms with Crippen LogP contribution in [0.4, 0.5) is 0 Å². The van der Waals surface area contributed by atoms with E-state index in [2.05, 4.69) is 5.32 Å². The summed E-state index contributed by atoms with van der Waals surface area (Å²) in [5.74, 6) is -0.369. The molecule has 0 atom stereocenters. The van der Waals surface area contributed by atoms with E-state index in [0.717, 1.165) is 5.56 Å². The van der Waals surface area contributed by atoms with Crippen LogP contribution in [0.1, 0.15) is 31.8 Å². The monoisotopic (exact) mass is 374 g/mol. The van der Waals surface area contributed by atoms with Crippen LogP contribution < -0.4 is 5.32 Å². The second-order valence-electron chi connectivity index (χ2n) is 6.35. The molecule has 2 amide bonds. The summed E-state index contributed by atoms with van der Waals surface area (Å²) in [5, 5.41) is 2.80. The third-order valence-corrected chi connectivity index (χ3v) is 4.56. The van der Waals surface area contributed by atoms with Gasteiger partial charge in [0.15, 0.2) is 9.84 Å². The van der Waals surface area contributed by atoms with Gasteiger partial charge in [-0.15, -0.1) is 0 Å². The maximum Gasteiger partial charge on any atom is 0.253 e. The number of hydrogen-bond donors (Lipinski definition) is 1. The molecule has 0 aliphatic carbocycles. The van der Waals surface area contributed by atoms with Crippen LogP contribution in [0.5, 0.6) is 0 Å². The Morgan fingerprint density at radius 1 is 0.885 bits per heavy atom. The Balaban J connectivity index is 1.95. The highest BCUT2D eigenvalue weighted by Crippen LogP contribution is 2.09. The summed E-state index contributed by atoms with van der Waals surface area (Å²) in [4.78, 5) is 25.5. The average Bonchev–Trinajstić information content (AvgIpc) is 2.58. The molecule has 0 aliphatic rings. The highest BCUT2D eigenvalue weighted by molar-refractivity contribution is 7.89. The second-order valence-corrected chi connectivity index (χ2v) is 8.49. The highest BCUT2D eigenvalue weighted by atomic mass is 32.2. The summed E-state index contributed by atoms with van der Waals surface area (Å²) in [6.07, 6.45) is 1.17.